The summed E-state index contributed by atoms with van der Waals surface area (Å²) < 4.78 is 0. The minimum absolute atomic E-state index is 0.0457. The van der Waals surface area contributed by atoms with E-state index >= 15 is 0 Å². The highest BCUT2D eigenvalue weighted by Crippen LogP contribution is 2.62. The summed E-state index contributed by atoms with van der Waals surface area (Å²) in [5, 5.41) is 9.91. The zero-order valence-electron chi connectivity index (χ0n) is 32.5. The van der Waals surface area contributed by atoms with Crippen LogP contribution in [0.4, 0.5) is 0 Å². The molecule has 1 aromatic heterocycles. The van der Waals surface area contributed by atoms with Gasteiger partial charge in [-0.05, 0) is 72.7 Å². The van der Waals surface area contributed by atoms with Gasteiger partial charge < -0.3 is 0 Å². The second-order valence-corrected chi connectivity index (χ2v) is 16.8. The van der Waals surface area contributed by atoms with Crippen molar-refractivity contribution in [2.75, 3.05) is 0 Å². The van der Waals surface area contributed by atoms with Crippen LogP contribution in [0, 0.1) is 0 Å². The lowest BCUT2D eigenvalue weighted by molar-refractivity contribution is 0.563. The Morgan fingerprint density at radius 3 is 1.55 bits per heavy atom. The molecule has 3 heteroatoms. The van der Waals surface area contributed by atoms with Gasteiger partial charge in [-0.2, -0.15) is 0 Å². The van der Waals surface area contributed by atoms with Crippen LogP contribution in [0.15, 0.2) is 170 Å². The van der Waals surface area contributed by atoms with Crippen LogP contribution in [-0.2, 0) is 16.2 Å². The Labute approximate surface area is 329 Å². The number of benzene rings is 7. The first-order valence-corrected chi connectivity index (χ1v) is 19.6. The molecule has 56 heavy (non-hydrogen) atoms. The molecule has 3 nitrogen and oxygen atoms in total. The Kier molecular flexibility index (Phi) is 7.63. The van der Waals surface area contributed by atoms with Crippen molar-refractivity contribution in [2.45, 2.75) is 50.9 Å². The number of hydrogen-bond acceptors (Lipinski definition) is 3. The van der Waals surface area contributed by atoms with Gasteiger partial charge in [-0.3, -0.25) is 0 Å². The minimum atomic E-state index is -0.455. The molecular weight excluding hydrogens is 679 g/mol. The maximum absolute atomic E-state index is 5.39. The Bertz CT molecular complexity index is 2760. The molecule has 0 atom stereocenters. The van der Waals surface area contributed by atoms with Gasteiger partial charge in [0.1, 0.15) is 11.4 Å². The van der Waals surface area contributed by atoms with E-state index in [1.165, 1.54) is 50.1 Å². The van der Waals surface area contributed by atoms with Crippen molar-refractivity contribution < 1.29 is 0 Å². The van der Waals surface area contributed by atoms with Gasteiger partial charge in [-0.1, -0.05) is 198 Å². The number of aromatic nitrogens is 3. The van der Waals surface area contributed by atoms with Gasteiger partial charge in [0, 0.05) is 22.1 Å². The molecule has 0 saturated carbocycles. The fraction of sp³-hybridized carbons (Fsp3) is 0.151. The lowest BCUT2D eigenvalue weighted by Gasteiger charge is -2.46. The Morgan fingerprint density at radius 2 is 0.911 bits per heavy atom. The fourth-order valence-corrected chi connectivity index (χ4v) is 9.52. The van der Waals surface area contributed by atoms with Crippen molar-refractivity contribution >= 4 is 0 Å². The van der Waals surface area contributed by atoms with Crippen molar-refractivity contribution in [2.24, 2.45) is 0 Å². The minimum Gasteiger partial charge on any atom is -0.224 e. The molecule has 1 spiro atoms. The van der Waals surface area contributed by atoms with E-state index in [1.54, 1.807) is 0 Å². The van der Waals surface area contributed by atoms with E-state index in [4.69, 9.17) is 15.2 Å². The molecule has 1 heterocycles. The molecule has 0 radical (unpaired) electrons. The van der Waals surface area contributed by atoms with E-state index in [2.05, 4.69) is 204 Å². The van der Waals surface area contributed by atoms with Crippen LogP contribution < -0.4 is 0 Å². The lowest BCUT2D eigenvalue weighted by atomic mass is 9.55. The maximum Gasteiger partial charge on any atom is 0.182 e. The quantitative estimate of drug-likeness (QED) is 0.182. The average Bonchev–Trinajstić information content (AvgIpc) is 3.53. The van der Waals surface area contributed by atoms with E-state index in [-0.39, 0.29) is 10.8 Å². The van der Waals surface area contributed by atoms with Gasteiger partial charge in [-0.25, -0.2) is 4.98 Å². The second-order valence-electron chi connectivity index (χ2n) is 16.8. The van der Waals surface area contributed by atoms with Gasteiger partial charge in [-0.15, -0.1) is 10.2 Å². The standard InChI is InChI=1S/C53H43N3/c1-51(2,3)37-30-27-35(28-31-37)50-54-49(40-21-10-9-19-38(40)34-17-7-6-8-18-34)48(55-56-50)36-29-32-43-41(33-36)39-20-11-12-22-42(39)53(43)46-25-15-13-23-44(46)52(4,5)45-24-14-16-26-47(45)53/h6-33H,1-5H3. The highest BCUT2D eigenvalue weighted by Gasteiger charge is 2.53. The highest BCUT2D eigenvalue weighted by molar-refractivity contribution is 5.93. The molecule has 2 aliphatic carbocycles. The Balaban J connectivity index is 1.21. The van der Waals surface area contributed by atoms with E-state index < -0.39 is 5.41 Å². The second kappa shape index (κ2) is 12.5. The Morgan fingerprint density at radius 1 is 0.393 bits per heavy atom. The van der Waals surface area contributed by atoms with Crippen molar-refractivity contribution in [3.05, 3.63) is 209 Å². The molecule has 0 unspecified atom stereocenters. The van der Waals surface area contributed by atoms with Crippen molar-refractivity contribution in [1.82, 2.24) is 15.2 Å². The van der Waals surface area contributed by atoms with Crippen LogP contribution in [0.2, 0.25) is 0 Å². The molecule has 10 rings (SSSR count). The number of rotatable bonds is 4. The van der Waals surface area contributed by atoms with Crippen LogP contribution in [-0.4, -0.2) is 15.2 Å². The number of nitrogens with zero attached hydrogens (tertiary/aromatic N) is 3. The summed E-state index contributed by atoms with van der Waals surface area (Å²) in [6, 6.07) is 61.8. The number of fused-ring (bicyclic) bond motifs is 9. The van der Waals surface area contributed by atoms with E-state index in [1.807, 2.05) is 0 Å². The maximum atomic E-state index is 5.39. The van der Waals surface area contributed by atoms with Gasteiger partial charge >= 0.3 is 0 Å². The van der Waals surface area contributed by atoms with E-state index in [9.17, 15) is 0 Å². The third-order valence-electron chi connectivity index (χ3n) is 12.3. The van der Waals surface area contributed by atoms with Crippen LogP contribution >= 0.6 is 0 Å². The predicted molar refractivity (Wildman–Crippen MR) is 230 cm³/mol. The molecule has 8 aromatic rings. The lowest BCUT2D eigenvalue weighted by Crippen LogP contribution is -2.40. The van der Waals surface area contributed by atoms with E-state index in [0.717, 1.165) is 39.2 Å². The van der Waals surface area contributed by atoms with Crippen LogP contribution in [0.25, 0.3) is 56.2 Å². The normalized spacial score (nSPS) is 14.4. The van der Waals surface area contributed by atoms with E-state index in [0.29, 0.717) is 5.82 Å². The first-order chi connectivity index (χ1) is 27.2. The third kappa shape index (κ3) is 5.00. The largest absolute Gasteiger partial charge is 0.224 e. The molecule has 0 fully saturated rings. The van der Waals surface area contributed by atoms with Crippen molar-refractivity contribution in [3.8, 4) is 56.2 Å². The average molecular weight is 722 g/mol. The molecule has 7 aromatic carbocycles. The van der Waals surface area contributed by atoms with Gasteiger partial charge in [0.05, 0.1) is 5.41 Å². The summed E-state index contributed by atoms with van der Waals surface area (Å²) in [5.74, 6) is 0.607. The van der Waals surface area contributed by atoms with Crippen LogP contribution in [0.1, 0.15) is 73.6 Å². The van der Waals surface area contributed by atoms with Gasteiger partial charge in [0.25, 0.3) is 0 Å². The Hall–Kier alpha value is -6.45. The van der Waals surface area contributed by atoms with Crippen LogP contribution in [0.5, 0.6) is 0 Å². The first kappa shape index (κ1) is 34.1. The molecule has 0 bridgehead atoms. The SMILES string of the molecule is CC(C)(C)c1ccc(-c2nnc(-c3ccc4c(c3)-c3ccccc3C43c4ccccc4C(C)(C)c4ccccc43)c(-c3ccccc3-c3ccccc3)n2)cc1. The molecule has 0 N–H and O–H groups in total. The summed E-state index contributed by atoms with van der Waals surface area (Å²) in [5.41, 5.74) is 18.0. The molecule has 0 saturated heterocycles. The van der Waals surface area contributed by atoms with Gasteiger partial charge in [0.15, 0.2) is 5.82 Å². The summed E-state index contributed by atoms with van der Waals surface area (Å²) >= 11 is 0. The summed E-state index contributed by atoms with van der Waals surface area (Å²) in [7, 11) is 0. The third-order valence-corrected chi connectivity index (χ3v) is 12.3. The fourth-order valence-electron chi connectivity index (χ4n) is 9.52. The first-order valence-electron chi connectivity index (χ1n) is 19.6. The molecule has 0 amide bonds. The molecule has 0 aliphatic heterocycles. The predicted octanol–water partition coefficient (Wildman–Crippen LogP) is 12.8. The highest BCUT2D eigenvalue weighted by atomic mass is 15.2. The monoisotopic (exact) mass is 721 g/mol. The molecule has 270 valence electrons. The smallest absolute Gasteiger partial charge is 0.182 e. The molecular formula is C53H43N3. The number of hydrogen-bond donors (Lipinski definition) is 0. The topological polar surface area (TPSA) is 38.7 Å². The van der Waals surface area contributed by atoms with Gasteiger partial charge in [0.2, 0.25) is 0 Å². The zero-order valence-corrected chi connectivity index (χ0v) is 32.5. The van der Waals surface area contributed by atoms with Crippen molar-refractivity contribution in [1.29, 1.82) is 0 Å². The summed E-state index contributed by atoms with van der Waals surface area (Å²) in [6.07, 6.45) is 0. The van der Waals surface area contributed by atoms with Crippen LogP contribution in [0.3, 0.4) is 0 Å². The van der Waals surface area contributed by atoms with Crippen molar-refractivity contribution in [3.63, 3.8) is 0 Å². The summed E-state index contributed by atoms with van der Waals surface area (Å²) in [6.45, 7) is 11.4. The summed E-state index contributed by atoms with van der Waals surface area (Å²) in [4.78, 5) is 5.39. The molecule has 2 aliphatic rings. The zero-order chi connectivity index (χ0) is 38.2.